The van der Waals surface area contributed by atoms with E-state index in [1.807, 2.05) is 60.7 Å². The Bertz CT molecular complexity index is 2110. The number of methoxy groups -OCH3 is 2. The van der Waals surface area contributed by atoms with Crippen molar-refractivity contribution in [2.45, 2.75) is 63.6 Å². The Balaban J connectivity index is 1.22. The molecule has 5 aromatic rings. The molecule has 0 bridgehead atoms. The first-order chi connectivity index (χ1) is 27.4. The number of β-amino-alcohol motifs (C(OH)–C–C–N with tert-alkyl or cyclic N) is 1. The van der Waals surface area contributed by atoms with Crippen molar-refractivity contribution in [3.8, 4) is 17.2 Å². The van der Waals surface area contributed by atoms with Crippen molar-refractivity contribution < 1.29 is 46.8 Å². The molecule has 1 saturated heterocycles. The van der Waals surface area contributed by atoms with Crippen LogP contribution >= 0.6 is 0 Å². The van der Waals surface area contributed by atoms with E-state index >= 15 is 13.2 Å². The van der Waals surface area contributed by atoms with Gasteiger partial charge < -0.3 is 33.9 Å². The highest BCUT2D eigenvalue weighted by atomic mass is 19.4. The molecule has 0 radical (unpaired) electrons. The smallest absolute Gasteiger partial charge is 0.422 e. The Morgan fingerprint density at radius 3 is 2.09 bits per heavy atom. The summed E-state index contributed by atoms with van der Waals surface area (Å²) in [6.45, 7) is 2.30. The number of aliphatic hydroxyl groups is 1. The zero-order valence-electron chi connectivity index (χ0n) is 32.3. The maximum absolute atomic E-state index is 15.3. The van der Waals surface area contributed by atoms with Crippen LogP contribution in [0.2, 0.25) is 0 Å². The van der Waals surface area contributed by atoms with Crippen LogP contribution in [0.3, 0.4) is 0 Å². The number of aryl methyl sites for hydroxylation is 1. The fourth-order valence-electron chi connectivity index (χ4n) is 7.23. The zero-order valence-corrected chi connectivity index (χ0v) is 32.3. The monoisotopic (exact) mass is 787 g/mol. The third-order valence-electron chi connectivity index (χ3n) is 10.3. The van der Waals surface area contributed by atoms with Crippen molar-refractivity contribution in [2.75, 3.05) is 40.5 Å². The highest BCUT2D eigenvalue weighted by Crippen LogP contribution is 2.45. The molecule has 10 nitrogen and oxygen atoms in total. The Morgan fingerprint density at radius 1 is 0.860 bits per heavy atom. The molecule has 4 aromatic carbocycles. The Hall–Kier alpha value is -5.53. The van der Waals surface area contributed by atoms with Gasteiger partial charge in [0.05, 0.1) is 20.8 Å². The number of nitrogens with zero attached hydrogens (tertiary/aromatic N) is 2. The first kappa shape index (κ1) is 41.1. The molecule has 57 heavy (non-hydrogen) atoms. The molecule has 1 unspecified atom stereocenters. The van der Waals surface area contributed by atoms with Crippen molar-refractivity contribution in [2.24, 2.45) is 0 Å². The van der Waals surface area contributed by atoms with Crippen LogP contribution in [0, 0.1) is 0 Å². The fraction of sp³-hybridized carbons (Fsp3) is 0.364. The molecule has 13 heteroatoms. The molecule has 0 aliphatic carbocycles. The van der Waals surface area contributed by atoms with Gasteiger partial charge in [0.1, 0.15) is 6.10 Å². The summed E-state index contributed by atoms with van der Waals surface area (Å²) in [5.74, 6) is 0.499. The number of carbonyl (C=O) groups excluding carboxylic acids is 2. The number of likely N-dealkylation sites (tertiary alicyclic amines) is 1. The molecule has 302 valence electrons. The molecule has 1 fully saturated rings. The lowest BCUT2D eigenvalue weighted by atomic mass is 9.90. The Morgan fingerprint density at radius 2 is 1.49 bits per heavy atom. The zero-order chi connectivity index (χ0) is 40.6. The van der Waals surface area contributed by atoms with E-state index in [0.717, 1.165) is 16.7 Å². The number of alkyl halides is 3. The maximum Gasteiger partial charge on any atom is 0.422 e. The number of aromatic nitrogens is 1. The third kappa shape index (κ3) is 9.72. The number of hydrogen-bond acceptors (Lipinski definition) is 8. The van der Waals surface area contributed by atoms with Gasteiger partial charge in [0.25, 0.3) is 5.91 Å². The summed E-state index contributed by atoms with van der Waals surface area (Å²) in [5.41, 5.74) is -0.294. The number of hydrogen-bond donors (Lipinski definition) is 2. The van der Waals surface area contributed by atoms with Crippen LogP contribution in [0.4, 0.5) is 13.2 Å². The lowest BCUT2D eigenvalue weighted by Gasteiger charge is -2.39. The number of halogens is 3. The summed E-state index contributed by atoms with van der Waals surface area (Å²) in [5, 5.41) is 14.9. The number of piperidine rings is 1. The average molecular weight is 788 g/mol. The van der Waals surface area contributed by atoms with Crippen LogP contribution in [-0.2, 0) is 34.6 Å². The topological polar surface area (TPSA) is 111 Å². The molecule has 0 spiro atoms. The van der Waals surface area contributed by atoms with E-state index in [4.69, 9.17) is 18.9 Å². The summed E-state index contributed by atoms with van der Waals surface area (Å²) >= 11 is 0. The van der Waals surface area contributed by atoms with E-state index in [2.05, 4.69) is 5.32 Å². The van der Waals surface area contributed by atoms with Crippen molar-refractivity contribution in [1.29, 1.82) is 0 Å². The molecule has 1 aromatic heterocycles. The standard InChI is InChI=1S/C44H48F3N3O7/c1-4-56-40(51)18-15-32-23-38(54-2)41(39(24-32)55-3)57-34-19-21-49(22-20-34)29-43(53,44(45,46)47)36-28-50(27-31-13-9-6-10-14-31)37-25-33(16-17-35(36)37)42(52)48-26-30-11-7-5-8-12-30/h5-14,16-17,23-25,28,34,53H,4,15,18-22,26-27,29H2,1-3H3,(H,48,52). The van der Waals surface area contributed by atoms with Crippen LogP contribution in [0.15, 0.2) is 97.2 Å². The van der Waals surface area contributed by atoms with Crippen molar-refractivity contribution >= 4 is 22.8 Å². The van der Waals surface area contributed by atoms with Gasteiger partial charge in [-0.2, -0.15) is 13.2 Å². The van der Waals surface area contributed by atoms with E-state index in [-0.39, 0.29) is 67.1 Å². The minimum absolute atomic E-state index is 0.185. The van der Waals surface area contributed by atoms with Gasteiger partial charge in [0, 0.05) is 67.4 Å². The second kappa shape index (κ2) is 18.2. The maximum atomic E-state index is 15.3. The Kier molecular flexibility index (Phi) is 13.1. The number of esters is 1. The van der Waals surface area contributed by atoms with E-state index in [1.165, 1.54) is 32.5 Å². The van der Waals surface area contributed by atoms with Gasteiger partial charge in [-0.1, -0.05) is 66.7 Å². The van der Waals surface area contributed by atoms with Crippen LogP contribution in [0.25, 0.3) is 10.9 Å². The quantitative estimate of drug-likeness (QED) is 0.0995. The number of rotatable bonds is 16. The lowest BCUT2D eigenvalue weighted by molar-refractivity contribution is -0.272. The van der Waals surface area contributed by atoms with Crippen LogP contribution in [-0.4, -0.2) is 79.2 Å². The molecular weight excluding hydrogens is 739 g/mol. The summed E-state index contributed by atoms with van der Waals surface area (Å²) in [6.07, 6.45) is -2.70. The highest BCUT2D eigenvalue weighted by molar-refractivity contribution is 5.99. The number of amides is 1. The molecule has 1 amide bonds. The number of carbonyl (C=O) groups is 2. The molecule has 0 saturated carbocycles. The molecular formula is C44H48F3N3O7. The second-order valence-electron chi connectivity index (χ2n) is 14.1. The SMILES string of the molecule is CCOC(=O)CCc1cc(OC)c(OC2CCN(CC(O)(c3cn(Cc4ccccc4)c4cc(C(=O)NCc5ccccc5)ccc34)C(F)(F)F)CC2)c(OC)c1. The number of benzene rings is 4. The lowest BCUT2D eigenvalue weighted by Crippen LogP contribution is -2.53. The van der Waals surface area contributed by atoms with Gasteiger partial charge in [-0.3, -0.25) is 14.5 Å². The predicted octanol–water partition coefficient (Wildman–Crippen LogP) is 7.43. The molecule has 1 aliphatic heterocycles. The van der Waals surface area contributed by atoms with Crippen molar-refractivity contribution in [3.63, 3.8) is 0 Å². The largest absolute Gasteiger partial charge is 0.493 e. The molecule has 1 aliphatic rings. The van der Waals surface area contributed by atoms with E-state index in [1.54, 1.807) is 34.6 Å². The van der Waals surface area contributed by atoms with Crippen LogP contribution < -0.4 is 19.5 Å². The summed E-state index contributed by atoms with van der Waals surface area (Å²) in [4.78, 5) is 26.8. The molecule has 6 rings (SSSR count). The van der Waals surface area contributed by atoms with Gasteiger partial charge in [-0.05, 0) is 67.1 Å². The van der Waals surface area contributed by atoms with E-state index in [0.29, 0.717) is 48.6 Å². The van der Waals surface area contributed by atoms with Crippen molar-refractivity contribution in [3.05, 3.63) is 125 Å². The van der Waals surface area contributed by atoms with Gasteiger partial charge >= 0.3 is 12.1 Å². The first-order valence-electron chi connectivity index (χ1n) is 19.0. The predicted molar refractivity (Wildman–Crippen MR) is 210 cm³/mol. The average Bonchev–Trinajstić information content (AvgIpc) is 3.58. The minimum atomic E-state index is -5.03. The highest BCUT2D eigenvalue weighted by Gasteiger charge is 2.57. The van der Waals surface area contributed by atoms with Gasteiger partial charge in [0.2, 0.25) is 11.4 Å². The normalized spacial score (nSPS) is 14.9. The summed E-state index contributed by atoms with van der Waals surface area (Å²) in [6, 6.07) is 26.8. The van der Waals surface area contributed by atoms with Gasteiger partial charge in [-0.15, -0.1) is 0 Å². The van der Waals surface area contributed by atoms with E-state index in [9.17, 15) is 14.7 Å². The Labute approximate surface area is 330 Å². The minimum Gasteiger partial charge on any atom is -0.493 e. The van der Waals surface area contributed by atoms with Crippen LogP contribution in [0.1, 0.15) is 58.8 Å². The summed E-state index contributed by atoms with van der Waals surface area (Å²) in [7, 11) is 2.99. The number of nitrogens with one attached hydrogen (secondary N) is 1. The van der Waals surface area contributed by atoms with Gasteiger partial charge in [-0.25, -0.2) is 0 Å². The fourth-order valence-corrected chi connectivity index (χ4v) is 7.23. The molecule has 2 N–H and O–H groups in total. The number of ether oxygens (including phenoxy) is 4. The van der Waals surface area contributed by atoms with Gasteiger partial charge in [0.15, 0.2) is 11.5 Å². The third-order valence-corrected chi connectivity index (χ3v) is 10.3. The first-order valence-corrected chi connectivity index (χ1v) is 19.0. The number of fused-ring (bicyclic) bond motifs is 1. The molecule has 1 atom stereocenters. The van der Waals surface area contributed by atoms with Crippen LogP contribution in [0.5, 0.6) is 17.2 Å². The van der Waals surface area contributed by atoms with E-state index < -0.39 is 18.3 Å². The summed E-state index contributed by atoms with van der Waals surface area (Å²) < 4.78 is 70.0. The molecule has 2 heterocycles. The van der Waals surface area contributed by atoms with Crippen molar-refractivity contribution in [1.82, 2.24) is 14.8 Å². The second-order valence-corrected chi connectivity index (χ2v) is 14.1.